The third-order valence-corrected chi connectivity index (χ3v) is 6.82. The Labute approximate surface area is 240 Å². The molecule has 1 aliphatic heterocycles. The third kappa shape index (κ3) is 7.18. The van der Waals surface area contributed by atoms with E-state index in [1.165, 1.54) is 6.08 Å². The molecule has 242 valence electrons. The highest BCUT2D eigenvalue weighted by atomic mass is 19.4. The zero-order chi connectivity index (χ0) is 32.8. The number of fused-ring (bicyclic) bond motifs is 1. The zero-order valence-corrected chi connectivity index (χ0v) is 21.8. The lowest BCUT2D eigenvalue weighted by molar-refractivity contribution is -0.280. The van der Waals surface area contributed by atoms with Gasteiger partial charge in [-0.1, -0.05) is 18.2 Å². The van der Waals surface area contributed by atoms with Crippen LogP contribution in [0.25, 0.3) is 11.1 Å². The monoisotopic (exact) mass is 653 g/mol. The van der Waals surface area contributed by atoms with Crippen LogP contribution in [0.3, 0.4) is 0 Å². The topological polar surface area (TPSA) is 41.9 Å². The number of rotatable bonds is 7. The normalized spacial score (nSPS) is 20.2. The summed E-state index contributed by atoms with van der Waals surface area (Å²) in [5, 5.41) is 9.89. The van der Waals surface area contributed by atoms with Gasteiger partial charge in [0.1, 0.15) is 12.4 Å². The summed E-state index contributed by atoms with van der Waals surface area (Å²) in [6.45, 7) is -1.82. The highest BCUT2D eigenvalue weighted by molar-refractivity contribution is 5.80. The molecule has 2 aliphatic rings. The van der Waals surface area contributed by atoms with Gasteiger partial charge in [-0.25, -0.2) is 0 Å². The van der Waals surface area contributed by atoms with Crippen molar-refractivity contribution in [2.75, 3.05) is 18.1 Å². The predicted molar refractivity (Wildman–Crippen MR) is 128 cm³/mol. The van der Waals surface area contributed by atoms with Gasteiger partial charge in [-0.2, -0.15) is 57.1 Å². The van der Waals surface area contributed by atoms with Crippen LogP contribution in [0.5, 0.6) is 5.75 Å². The first-order valence-corrected chi connectivity index (χ1v) is 12.5. The quantitative estimate of drug-likeness (QED) is 0.306. The largest absolute Gasteiger partial charge is 0.489 e. The molecule has 17 heteroatoms. The van der Waals surface area contributed by atoms with Gasteiger partial charge in [0.25, 0.3) is 0 Å². The lowest BCUT2D eigenvalue weighted by Gasteiger charge is -2.43. The van der Waals surface area contributed by atoms with Gasteiger partial charge in [-0.15, -0.1) is 0 Å². The van der Waals surface area contributed by atoms with Crippen LogP contribution in [0.1, 0.15) is 17.5 Å². The molecule has 3 atom stereocenters. The van der Waals surface area contributed by atoms with E-state index >= 15 is 0 Å². The van der Waals surface area contributed by atoms with Crippen LogP contribution >= 0.6 is 0 Å². The summed E-state index contributed by atoms with van der Waals surface area (Å²) >= 11 is 0. The maximum Gasteiger partial charge on any atom is 0.461 e. The number of para-hydroxylation sites is 1. The Bertz CT molecular complexity index is 1380. The van der Waals surface area contributed by atoms with Crippen molar-refractivity contribution in [1.29, 1.82) is 0 Å². The van der Waals surface area contributed by atoms with E-state index < -0.39 is 90.5 Å². The smallest absolute Gasteiger partial charge is 0.461 e. The van der Waals surface area contributed by atoms with Crippen molar-refractivity contribution in [3.8, 4) is 16.9 Å². The highest BCUT2D eigenvalue weighted by Gasteiger charge is 2.46. The number of anilines is 1. The Kier molecular flexibility index (Phi) is 8.85. The molecule has 2 aromatic carbocycles. The number of nitrogens with zero attached hydrogens (tertiary/aromatic N) is 1. The Morgan fingerprint density at radius 1 is 0.909 bits per heavy atom. The van der Waals surface area contributed by atoms with E-state index in [1.54, 1.807) is 0 Å². The average Bonchev–Trinajstić information content (AvgIpc) is 2.91. The predicted octanol–water partition coefficient (Wildman–Crippen LogP) is 8.22. The zero-order valence-electron chi connectivity index (χ0n) is 21.8. The van der Waals surface area contributed by atoms with Gasteiger partial charge in [-0.3, -0.25) is 0 Å². The van der Waals surface area contributed by atoms with E-state index in [2.05, 4.69) is 4.74 Å². The number of aliphatic hydroxyl groups excluding tert-OH is 1. The van der Waals surface area contributed by atoms with Gasteiger partial charge >= 0.3 is 31.1 Å². The Morgan fingerprint density at radius 3 is 2.07 bits per heavy atom. The fourth-order valence-electron chi connectivity index (χ4n) is 4.77. The van der Waals surface area contributed by atoms with Gasteiger partial charge in [0.2, 0.25) is 0 Å². The van der Waals surface area contributed by atoms with Crippen LogP contribution in [0.15, 0.2) is 60.4 Å². The van der Waals surface area contributed by atoms with Crippen molar-refractivity contribution in [3.63, 3.8) is 0 Å². The number of hydrogen-bond acceptors (Lipinski definition) is 4. The second kappa shape index (κ2) is 11.7. The lowest BCUT2D eigenvalue weighted by Crippen LogP contribution is -2.52. The molecule has 0 saturated heterocycles. The molecule has 1 N–H and O–H groups in total. The maximum absolute atomic E-state index is 13.5. The average molecular weight is 653 g/mol. The molecule has 44 heavy (non-hydrogen) atoms. The minimum atomic E-state index is -5.21. The number of hydrogen-bond donors (Lipinski definition) is 1. The molecule has 1 unspecified atom stereocenters. The number of ether oxygens (including phenoxy) is 2. The van der Waals surface area contributed by atoms with Crippen LogP contribution in [0.4, 0.5) is 62.8 Å². The molecule has 4 nitrogen and oxygen atoms in total. The lowest BCUT2D eigenvalue weighted by atomic mass is 9.89. The second-order valence-electron chi connectivity index (χ2n) is 9.87. The van der Waals surface area contributed by atoms with Crippen LogP contribution in [-0.4, -0.2) is 49.1 Å². The molecule has 1 aliphatic carbocycles. The number of β-amino-alcohol motifs (C(OH)–C–C–N with tert-alkyl or cyclic N) is 1. The van der Waals surface area contributed by atoms with E-state index in [9.17, 15) is 62.2 Å². The van der Waals surface area contributed by atoms with Crippen molar-refractivity contribution >= 4 is 5.69 Å². The van der Waals surface area contributed by atoms with E-state index in [0.717, 1.165) is 35.3 Å². The fourth-order valence-corrected chi connectivity index (χ4v) is 4.77. The van der Waals surface area contributed by atoms with Gasteiger partial charge in [-0.05, 0) is 48.4 Å². The highest BCUT2D eigenvalue weighted by Crippen LogP contribution is 2.47. The third-order valence-electron chi connectivity index (χ3n) is 6.82. The Morgan fingerprint density at radius 2 is 1.52 bits per heavy atom. The molecule has 0 fully saturated rings. The molecule has 0 radical (unpaired) electrons. The summed E-state index contributed by atoms with van der Waals surface area (Å²) in [4.78, 5) is 0.919. The summed E-state index contributed by atoms with van der Waals surface area (Å²) in [6.07, 6.45) is -24.7. The van der Waals surface area contributed by atoms with Gasteiger partial charge in [0.15, 0.2) is 11.9 Å². The molecule has 0 saturated carbocycles. The molecule has 1 heterocycles. The van der Waals surface area contributed by atoms with Crippen molar-refractivity contribution in [1.82, 2.24) is 0 Å². The molecular formula is C27H20F13NO3. The van der Waals surface area contributed by atoms with E-state index in [1.807, 2.05) is 0 Å². The van der Waals surface area contributed by atoms with Crippen molar-refractivity contribution in [3.05, 3.63) is 71.5 Å². The first-order valence-electron chi connectivity index (χ1n) is 12.5. The first kappa shape index (κ1) is 33.3. The van der Waals surface area contributed by atoms with Crippen molar-refractivity contribution in [2.45, 2.75) is 49.6 Å². The van der Waals surface area contributed by atoms with Crippen LogP contribution < -0.4 is 9.64 Å². The maximum atomic E-state index is 13.5. The van der Waals surface area contributed by atoms with Crippen LogP contribution in [0, 0.1) is 5.92 Å². The second-order valence-corrected chi connectivity index (χ2v) is 9.87. The van der Waals surface area contributed by atoms with E-state index in [-0.39, 0.29) is 23.7 Å². The number of aliphatic hydroxyl groups is 1. The minimum Gasteiger partial charge on any atom is -0.489 e. The summed E-state index contributed by atoms with van der Waals surface area (Å²) in [6, 6.07) is 2.79. The molecule has 0 amide bonds. The number of halogens is 13. The van der Waals surface area contributed by atoms with E-state index in [0.29, 0.717) is 12.1 Å². The summed E-state index contributed by atoms with van der Waals surface area (Å²) in [7, 11) is 0. The Hall–Kier alpha value is -3.63. The molecule has 0 spiro atoms. The summed E-state index contributed by atoms with van der Waals surface area (Å²) < 4.78 is 183. The first-order chi connectivity index (χ1) is 20.2. The molecule has 0 aromatic heterocycles. The fraction of sp³-hybridized carbons (Fsp3) is 0.407. The van der Waals surface area contributed by atoms with Crippen LogP contribution in [0.2, 0.25) is 0 Å². The minimum absolute atomic E-state index is 0.0582. The SMILES string of the molecule is O[C@@H](CN1c2cccc(-c3cc(C(F)(F)F)cc(C(F)(F)F)c3)c2OC[C@@H]1C1C=C(OC(F)(F)C(F)F)C=CC1)C(F)(F)F. The van der Waals surface area contributed by atoms with Gasteiger partial charge in [0, 0.05) is 11.5 Å². The Balaban J connectivity index is 1.81. The number of benzene rings is 2. The van der Waals surface area contributed by atoms with Crippen molar-refractivity contribution in [2.24, 2.45) is 5.92 Å². The number of alkyl halides is 13. The van der Waals surface area contributed by atoms with Crippen LogP contribution in [-0.2, 0) is 17.1 Å². The molecule has 2 aromatic rings. The van der Waals surface area contributed by atoms with Gasteiger partial charge < -0.3 is 19.5 Å². The van der Waals surface area contributed by atoms with E-state index in [4.69, 9.17) is 4.74 Å². The summed E-state index contributed by atoms with van der Waals surface area (Å²) in [5.74, 6) is -2.21. The van der Waals surface area contributed by atoms with Gasteiger partial charge in [0.05, 0.1) is 29.4 Å². The summed E-state index contributed by atoms with van der Waals surface area (Å²) in [5.41, 5.74) is -4.60. The molecular weight excluding hydrogens is 633 g/mol. The molecule has 0 bridgehead atoms. The van der Waals surface area contributed by atoms with Crippen molar-refractivity contribution < 1.29 is 71.7 Å². The number of allylic oxidation sites excluding steroid dienone is 2. The standard InChI is InChI=1S/C27H20F13NO3/c28-23(29)27(39,40)44-17-4-1-3-13(9-17)20-12-43-22-18(5-2-6-19(22)41(20)11-21(42)26(36,37)38)14-7-15(24(30,31)32)10-16(8-14)25(33,34)35/h1-2,4-10,13,20-21,23,42H,3,11-12H2/t13?,20-,21+/m1/s1. The molecule has 4 rings (SSSR count).